The van der Waals surface area contributed by atoms with Crippen LogP contribution in [0.1, 0.15) is 22.7 Å². The molecule has 1 N–H and O–H groups in total. The van der Waals surface area contributed by atoms with Gasteiger partial charge in [0, 0.05) is 31.7 Å². The van der Waals surface area contributed by atoms with Crippen LogP contribution >= 0.6 is 0 Å². The van der Waals surface area contributed by atoms with Gasteiger partial charge in [-0.1, -0.05) is 30.3 Å². The van der Waals surface area contributed by atoms with E-state index in [1.807, 2.05) is 60.7 Å². The zero-order chi connectivity index (χ0) is 24.6. The fourth-order valence-corrected chi connectivity index (χ4v) is 4.51. The molecule has 0 bridgehead atoms. The molecule has 1 fully saturated rings. The number of hydrogen-bond donors (Lipinski definition) is 1. The number of methoxy groups -OCH3 is 4. The molecule has 7 nitrogen and oxygen atoms in total. The Morgan fingerprint density at radius 2 is 1.43 bits per heavy atom. The van der Waals surface area contributed by atoms with Crippen LogP contribution in [0.2, 0.25) is 0 Å². The fraction of sp³-hybridized carbons (Fsp3) is 0.357. The Bertz CT molecular complexity index is 1070. The molecule has 0 spiro atoms. The molecule has 4 rings (SSSR count). The van der Waals surface area contributed by atoms with Gasteiger partial charge < -0.3 is 29.0 Å². The van der Waals surface area contributed by atoms with Crippen molar-refractivity contribution in [3.8, 4) is 28.7 Å². The molecule has 35 heavy (non-hydrogen) atoms. The first-order valence-electron chi connectivity index (χ1n) is 11.8. The van der Waals surface area contributed by atoms with E-state index in [4.69, 9.17) is 23.7 Å². The van der Waals surface area contributed by atoms with Crippen LogP contribution in [-0.2, 0) is 6.61 Å². The van der Waals surface area contributed by atoms with Crippen molar-refractivity contribution in [2.75, 3.05) is 54.6 Å². The minimum atomic E-state index is -0.0897. The van der Waals surface area contributed by atoms with Crippen LogP contribution in [0, 0.1) is 0 Å². The van der Waals surface area contributed by atoms with Crippen LogP contribution in [0.4, 0.5) is 0 Å². The Balaban J connectivity index is 1.78. The van der Waals surface area contributed by atoms with Crippen molar-refractivity contribution in [1.29, 1.82) is 0 Å². The number of nitrogens with zero attached hydrogens (tertiary/aromatic N) is 1. The number of rotatable bonds is 10. The molecule has 1 aliphatic heterocycles. The van der Waals surface area contributed by atoms with E-state index >= 15 is 0 Å². The zero-order valence-corrected chi connectivity index (χ0v) is 20.9. The van der Waals surface area contributed by atoms with Gasteiger partial charge in [-0.3, -0.25) is 4.90 Å². The van der Waals surface area contributed by atoms with Crippen molar-refractivity contribution < 1.29 is 23.7 Å². The summed E-state index contributed by atoms with van der Waals surface area (Å²) in [4.78, 5) is 2.44. The Morgan fingerprint density at radius 1 is 0.771 bits per heavy atom. The van der Waals surface area contributed by atoms with Gasteiger partial charge in [-0.15, -0.1) is 0 Å². The summed E-state index contributed by atoms with van der Waals surface area (Å²) in [6.07, 6.45) is 0. The lowest BCUT2D eigenvalue weighted by Crippen LogP contribution is -2.45. The van der Waals surface area contributed by atoms with Gasteiger partial charge in [-0.05, 0) is 41.5 Å². The largest absolute Gasteiger partial charge is 0.497 e. The van der Waals surface area contributed by atoms with Crippen molar-refractivity contribution >= 4 is 0 Å². The zero-order valence-electron chi connectivity index (χ0n) is 20.9. The van der Waals surface area contributed by atoms with Crippen LogP contribution in [0.15, 0.2) is 60.7 Å². The van der Waals surface area contributed by atoms with Crippen molar-refractivity contribution in [1.82, 2.24) is 10.2 Å². The number of piperazine rings is 1. The van der Waals surface area contributed by atoms with Crippen LogP contribution < -0.4 is 29.0 Å². The lowest BCUT2D eigenvalue weighted by Gasteiger charge is -2.36. The summed E-state index contributed by atoms with van der Waals surface area (Å²) in [6.45, 7) is 4.02. The third kappa shape index (κ3) is 5.63. The van der Waals surface area contributed by atoms with E-state index in [9.17, 15) is 0 Å². The highest BCUT2D eigenvalue weighted by molar-refractivity contribution is 5.57. The Kier molecular flexibility index (Phi) is 8.34. The van der Waals surface area contributed by atoms with E-state index < -0.39 is 0 Å². The Labute approximate surface area is 207 Å². The summed E-state index contributed by atoms with van der Waals surface area (Å²) >= 11 is 0. The van der Waals surface area contributed by atoms with Crippen LogP contribution in [-0.4, -0.2) is 59.5 Å². The smallest absolute Gasteiger partial charge is 0.203 e. The maximum atomic E-state index is 6.19. The molecule has 1 saturated heterocycles. The first kappa shape index (κ1) is 24.7. The maximum absolute atomic E-state index is 6.19. The summed E-state index contributed by atoms with van der Waals surface area (Å²) < 4.78 is 29.1. The van der Waals surface area contributed by atoms with Crippen molar-refractivity contribution in [2.24, 2.45) is 0 Å². The van der Waals surface area contributed by atoms with E-state index in [1.54, 1.807) is 28.4 Å². The highest BCUT2D eigenvalue weighted by Crippen LogP contribution is 2.44. The number of benzene rings is 3. The second-order valence-corrected chi connectivity index (χ2v) is 8.33. The van der Waals surface area contributed by atoms with Crippen molar-refractivity contribution in [2.45, 2.75) is 12.6 Å². The lowest BCUT2D eigenvalue weighted by molar-refractivity contribution is 0.194. The molecule has 1 atom stereocenters. The van der Waals surface area contributed by atoms with E-state index in [2.05, 4.69) is 10.2 Å². The molecule has 0 amide bonds. The average molecular weight is 479 g/mol. The van der Waals surface area contributed by atoms with E-state index in [1.165, 1.54) is 0 Å². The molecule has 0 aliphatic carbocycles. The van der Waals surface area contributed by atoms with E-state index in [0.717, 1.165) is 54.4 Å². The first-order chi connectivity index (χ1) is 17.2. The molecule has 0 radical (unpaired) electrons. The molecule has 1 aliphatic rings. The van der Waals surface area contributed by atoms with Gasteiger partial charge in [0.1, 0.15) is 18.1 Å². The molecule has 1 heterocycles. The summed E-state index contributed by atoms with van der Waals surface area (Å²) in [6, 6.07) is 19.9. The van der Waals surface area contributed by atoms with Gasteiger partial charge in [-0.2, -0.15) is 0 Å². The van der Waals surface area contributed by atoms with E-state index in [-0.39, 0.29) is 6.04 Å². The van der Waals surface area contributed by atoms with Crippen molar-refractivity contribution in [3.63, 3.8) is 0 Å². The van der Waals surface area contributed by atoms with E-state index in [0.29, 0.717) is 23.9 Å². The number of ether oxygens (including phenoxy) is 5. The van der Waals surface area contributed by atoms with Gasteiger partial charge in [-0.25, -0.2) is 0 Å². The van der Waals surface area contributed by atoms with Gasteiger partial charge >= 0.3 is 0 Å². The highest BCUT2D eigenvalue weighted by Gasteiger charge is 2.29. The fourth-order valence-electron chi connectivity index (χ4n) is 4.51. The summed E-state index contributed by atoms with van der Waals surface area (Å²) in [7, 11) is 6.68. The second-order valence-electron chi connectivity index (χ2n) is 8.33. The molecule has 0 aromatic heterocycles. The quantitative estimate of drug-likeness (QED) is 0.466. The first-order valence-corrected chi connectivity index (χ1v) is 11.8. The minimum Gasteiger partial charge on any atom is -0.497 e. The van der Waals surface area contributed by atoms with Gasteiger partial charge in [0.15, 0.2) is 11.5 Å². The third-order valence-corrected chi connectivity index (χ3v) is 6.27. The SMILES string of the molecule is COc1ccc(OC)c(C(c2cc(OC)c(OCc3ccccc3)c(OC)c2)N2CCNCC2)c1. The summed E-state index contributed by atoms with van der Waals surface area (Å²) in [5.41, 5.74) is 3.12. The monoisotopic (exact) mass is 478 g/mol. The Morgan fingerprint density at radius 3 is 2.03 bits per heavy atom. The Hall–Kier alpha value is -3.42. The molecule has 186 valence electrons. The van der Waals surface area contributed by atoms with Crippen LogP contribution in [0.3, 0.4) is 0 Å². The number of nitrogens with one attached hydrogen (secondary N) is 1. The normalized spacial score (nSPS) is 14.7. The third-order valence-electron chi connectivity index (χ3n) is 6.27. The summed E-state index contributed by atoms with van der Waals surface area (Å²) in [5, 5.41) is 3.44. The molecule has 1 unspecified atom stereocenters. The minimum absolute atomic E-state index is 0.0897. The predicted octanol–water partition coefficient (Wildman–Crippen LogP) is 4.29. The lowest BCUT2D eigenvalue weighted by atomic mass is 9.94. The number of hydrogen-bond acceptors (Lipinski definition) is 7. The molecule has 0 saturated carbocycles. The molecular weight excluding hydrogens is 444 g/mol. The molecule has 7 heteroatoms. The standard InChI is InChI=1S/C28H34N2O5/c1-31-22-10-11-24(32-2)23(18-22)27(30-14-12-29-13-15-30)21-16-25(33-3)28(26(17-21)34-4)35-19-20-8-6-5-7-9-20/h5-11,16-18,27,29H,12-15,19H2,1-4H3. The van der Waals surface area contributed by atoms with Crippen LogP contribution in [0.25, 0.3) is 0 Å². The molecule has 3 aromatic carbocycles. The topological polar surface area (TPSA) is 61.4 Å². The van der Waals surface area contributed by atoms with Crippen molar-refractivity contribution in [3.05, 3.63) is 77.4 Å². The average Bonchev–Trinajstić information content (AvgIpc) is 2.93. The van der Waals surface area contributed by atoms with Gasteiger partial charge in [0.05, 0.1) is 34.5 Å². The second kappa shape index (κ2) is 11.8. The predicted molar refractivity (Wildman–Crippen MR) is 136 cm³/mol. The molecule has 3 aromatic rings. The van der Waals surface area contributed by atoms with Gasteiger partial charge in [0.25, 0.3) is 0 Å². The maximum Gasteiger partial charge on any atom is 0.203 e. The van der Waals surface area contributed by atoms with Crippen LogP contribution in [0.5, 0.6) is 28.7 Å². The molecular formula is C28H34N2O5. The van der Waals surface area contributed by atoms with Gasteiger partial charge in [0.2, 0.25) is 5.75 Å². The summed E-state index contributed by atoms with van der Waals surface area (Å²) in [5.74, 6) is 3.41. The highest BCUT2D eigenvalue weighted by atomic mass is 16.5.